The van der Waals surface area contributed by atoms with Crippen LogP contribution in [0.15, 0.2) is 42.5 Å². The van der Waals surface area contributed by atoms with Crippen LogP contribution in [0, 0.1) is 0 Å². The molecule has 2 unspecified atom stereocenters. The lowest BCUT2D eigenvalue weighted by Crippen LogP contribution is -2.38. The zero-order valence-corrected chi connectivity index (χ0v) is 14.4. The summed E-state index contributed by atoms with van der Waals surface area (Å²) in [6.45, 7) is 2.28. The van der Waals surface area contributed by atoms with E-state index in [0.29, 0.717) is 11.1 Å². The molecule has 1 heterocycles. The van der Waals surface area contributed by atoms with Crippen LogP contribution in [0.1, 0.15) is 30.1 Å². The van der Waals surface area contributed by atoms with Gasteiger partial charge in [0.25, 0.3) is 0 Å². The number of rotatable bonds is 3. The largest absolute Gasteiger partial charge is 0.484 e. The molecule has 120 valence electrons. The van der Waals surface area contributed by atoms with Gasteiger partial charge in [-0.15, -0.1) is 0 Å². The van der Waals surface area contributed by atoms with Crippen LogP contribution in [0.25, 0.3) is 0 Å². The first kappa shape index (κ1) is 15.3. The van der Waals surface area contributed by atoms with Gasteiger partial charge in [-0.05, 0) is 62.2 Å². The first-order valence-corrected chi connectivity index (χ1v) is 8.91. The molecule has 2 aromatic rings. The summed E-state index contributed by atoms with van der Waals surface area (Å²) >= 11 is 12.7. The third kappa shape index (κ3) is 2.96. The molecule has 0 amide bonds. The van der Waals surface area contributed by atoms with Gasteiger partial charge in [-0.2, -0.15) is 0 Å². The zero-order chi connectivity index (χ0) is 15.8. The van der Waals surface area contributed by atoms with E-state index < -0.39 is 0 Å². The smallest absolute Gasteiger partial charge is 0.140 e. The average Bonchev–Trinajstić information content (AvgIpc) is 3.17. The molecule has 2 nitrogen and oxygen atoms in total. The van der Waals surface area contributed by atoms with Crippen LogP contribution in [-0.4, -0.2) is 24.0 Å². The standard InChI is InChI=1S/C19H19Cl2NO/c20-13-10-16-15(17(21)11-13)12-18(22-8-4-5-9-22)19(16)23-14-6-2-1-3-7-14/h1-3,6-7,10-11,18-19H,4-5,8-9,12H2. The van der Waals surface area contributed by atoms with Gasteiger partial charge in [0.2, 0.25) is 0 Å². The maximum atomic E-state index is 6.46. The Morgan fingerprint density at radius 1 is 1.00 bits per heavy atom. The molecular formula is C19H19Cl2NO. The first-order chi connectivity index (χ1) is 11.2. The second kappa shape index (κ2) is 6.35. The molecule has 1 aliphatic carbocycles. The number of benzene rings is 2. The van der Waals surface area contributed by atoms with Crippen molar-refractivity contribution in [2.45, 2.75) is 31.4 Å². The molecule has 23 heavy (non-hydrogen) atoms. The number of para-hydroxylation sites is 1. The maximum absolute atomic E-state index is 6.46. The van der Waals surface area contributed by atoms with E-state index >= 15 is 0 Å². The van der Waals surface area contributed by atoms with Gasteiger partial charge in [-0.1, -0.05) is 41.4 Å². The molecule has 0 bridgehead atoms. The van der Waals surface area contributed by atoms with E-state index in [4.69, 9.17) is 27.9 Å². The van der Waals surface area contributed by atoms with Crippen molar-refractivity contribution in [3.05, 3.63) is 63.6 Å². The predicted molar refractivity (Wildman–Crippen MR) is 94.6 cm³/mol. The monoisotopic (exact) mass is 347 g/mol. The molecule has 2 atom stereocenters. The predicted octanol–water partition coefficient (Wildman–Crippen LogP) is 5.13. The lowest BCUT2D eigenvalue weighted by Gasteiger charge is -2.30. The summed E-state index contributed by atoms with van der Waals surface area (Å²) in [6.07, 6.45) is 3.45. The summed E-state index contributed by atoms with van der Waals surface area (Å²) < 4.78 is 6.38. The average molecular weight is 348 g/mol. The van der Waals surface area contributed by atoms with E-state index in [2.05, 4.69) is 4.90 Å². The Morgan fingerprint density at radius 2 is 1.74 bits per heavy atom. The Bertz CT molecular complexity index is 698. The third-order valence-electron chi connectivity index (χ3n) is 4.88. The van der Waals surface area contributed by atoms with E-state index in [9.17, 15) is 0 Å². The Labute approximate surface area is 147 Å². The van der Waals surface area contributed by atoms with Gasteiger partial charge >= 0.3 is 0 Å². The summed E-state index contributed by atoms with van der Waals surface area (Å²) in [6, 6.07) is 14.2. The molecule has 1 saturated heterocycles. The van der Waals surface area contributed by atoms with Crippen molar-refractivity contribution in [2.24, 2.45) is 0 Å². The number of ether oxygens (including phenoxy) is 1. The highest BCUT2D eigenvalue weighted by Crippen LogP contribution is 2.43. The van der Waals surface area contributed by atoms with Crippen molar-refractivity contribution in [3.8, 4) is 5.75 Å². The molecule has 2 aromatic carbocycles. The quantitative estimate of drug-likeness (QED) is 0.762. The van der Waals surface area contributed by atoms with Crippen molar-refractivity contribution in [1.29, 1.82) is 0 Å². The van der Waals surface area contributed by atoms with Crippen molar-refractivity contribution in [2.75, 3.05) is 13.1 Å². The van der Waals surface area contributed by atoms with Crippen molar-refractivity contribution in [3.63, 3.8) is 0 Å². The fraction of sp³-hybridized carbons (Fsp3) is 0.368. The maximum Gasteiger partial charge on any atom is 0.140 e. The Hall–Kier alpha value is -1.22. The molecule has 4 rings (SSSR count). The second-order valence-corrected chi connectivity index (χ2v) is 7.17. The van der Waals surface area contributed by atoms with E-state index in [1.54, 1.807) is 0 Å². The van der Waals surface area contributed by atoms with Gasteiger partial charge < -0.3 is 4.74 Å². The van der Waals surface area contributed by atoms with Crippen molar-refractivity contribution >= 4 is 23.2 Å². The van der Waals surface area contributed by atoms with Crippen LogP contribution in [-0.2, 0) is 6.42 Å². The lowest BCUT2D eigenvalue weighted by atomic mass is 10.1. The van der Waals surface area contributed by atoms with Crippen LogP contribution in [0.3, 0.4) is 0 Å². The van der Waals surface area contributed by atoms with Gasteiger partial charge in [0.15, 0.2) is 0 Å². The van der Waals surface area contributed by atoms with Crippen LogP contribution < -0.4 is 4.74 Å². The van der Waals surface area contributed by atoms with Gasteiger partial charge in [0.05, 0.1) is 6.04 Å². The molecule has 0 aromatic heterocycles. The molecule has 0 N–H and O–H groups in total. The Morgan fingerprint density at radius 3 is 2.48 bits per heavy atom. The van der Waals surface area contributed by atoms with Gasteiger partial charge in [0, 0.05) is 15.6 Å². The molecule has 2 aliphatic rings. The number of fused-ring (bicyclic) bond motifs is 1. The minimum atomic E-state index is -0.0123. The van der Waals surface area contributed by atoms with E-state index in [1.807, 2.05) is 42.5 Å². The summed E-state index contributed by atoms with van der Waals surface area (Å²) in [5.41, 5.74) is 2.33. The zero-order valence-electron chi connectivity index (χ0n) is 12.8. The molecule has 0 radical (unpaired) electrons. The summed E-state index contributed by atoms with van der Waals surface area (Å²) in [5.74, 6) is 0.894. The van der Waals surface area contributed by atoms with E-state index in [1.165, 1.54) is 18.4 Å². The lowest BCUT2D eigenvalue weighted by molar-refractivity contribution is 0.0941. The van der Waals surface area contributed by atoms with Gasteiger partial charge in [-0.25, -0.2) is 0 Å². The van der Waals surface area contributed by atoms with E-state index in [0.717, 1.165) is 35.8 Å². The SMILES string of the molecule is Clc1cc(Cl)c2c(c1)C(Oc1ccccc1)C(N1CCCC1)C2. The number of nitrogens with zero attached hydrogens (tertiary/aromatic N) is 1. The van der Waals surface area contributed by atoms with Crippen molar-refractivity contribution < 1.29 is 4.74 Å². The fourth-order valence-corrected chi connectivity index (χ4v) is 4.38. The van der Waals surface area contributed by atoms with Crippen LogP contribution >= 0.6 is 23.2 Å². The normalized spacial score (nSPS) is 23.9. The molecule has 0 saturated carbocycles. The molecular weight excluding hydrogens is 329 g/mol. The highest BCUT2D eigenvalue weighted by molar-refractivity contribution is 6.35. The summed E-state index contributed by atoms with van der Waals surface area (Å²) in [7, 11) is 0. The summed E-state index contributed by atoms with van der Waals surface area (Å²) in [5, 5.41) is 1.44. The Kier molecular flexibility index (Phi) is 4.23. The minimum absolute atomic E-state index is 0.0123. The van der Waals surface area contributed by atoms with Crippen molar-refractivity contribution in [1.82, 2.24) is 4.90 Å². The van der Waals surface area contributed by atoms with Gasteiger partial charge in [-0.3, -0.25) is 4.90 Å². The molecule has 4 heteroatoms. The number of hydrogen-bond donors (Lipinski definition) is 0. The number of halogens is 2. The fourth-order valence-electron chi connectivity index (χ4n) is 3.80. The highest BCUT2D eigenvalue weighted by atomic mass is 35.5. The van der Waals surface area contributed by atoms with Gasteiger partial charge in [0.1, 0.15) is 11.9 Å². The summed E-state index contributed by atoms with van der Waals surface area (Å²) in [4.78, 5) is 2.54. The second-order valence-electron chi connectivity index (χ2n) is 6.32. The topological polar surface area (TPSA) is 12.5 Å². The molecule has 1 aliphatic heterocycles. The van der Waals surface area contributed by atoms with Crippen LogP contribution in [0.2, 0.25) is 10.0 Å². The molecule has 1 fully saturated rings. The van der Waals surface area contributed by atoms with E-state index in [-0.39, 0.29) is 6.10 Å². The minimum Gasteiger partial charge on any atom is -0.484 e. The Balaban J connectivity index is 1.71. The highest BCUT2D eigenvalue weighted by Gasteiger charge is 2.40. The van der Waals surface area contributed by atoms with Crippen LogP contribution in [0.5, 0.6) is 5.75 Å². The molecule has 0 spiro atoms. The number of likely N-dealkylation sites (tertiary alicyclic amines) is 1. The first-order valence-electron chi connectivity index (χ1n) is 8.16. The third-order valence-corrected chi connectivity index (χ3v) is 5.44. The van der Waals surface area contributed by atoms with Crippen LogP contribution in [0.4, 0.5) is 0 Å². The number of hydrogen-bond acceptors (Lipinski definition) is 2.